The highest BCUT2D eigenvalue weighted by atomic mass is 32.1. The monoisotopic (exact) mass is 369 g/mol. The van der Waals surface area contributed by atoms with Crippen LogP contribution in [-0.2, 0) is 0 Å². The van der Waals surface area contributed by atoms with E-state index in [-0.39, 0.29) is 11.8 Å². The quantitative estimate of drug-likeness (QED) is 0.714. The van der Waals surface area contributed by atoms with E-state index in [0.717, 1.165) is 23.4 Å². The Bertz CT molecular complexity index is 897. The predicted molar refractivity (Wildman–Crippen MR) is 100 cm³/mol. The molecule has 1 fully saturated rings. The molecule has 0 spiro atoms. The fraction of sp³-hybridized carbons (Fsp3) is 0.167. The first-order valence-electron chi connectivity index (χ1n) is 7.89. The van der Waals surface area contributed by atoms with E-state index < -0.39 is 0 Å². The summed E-state index contributed by atoms with van der Waals surface area (Å²) in [6.07, 6.45) is 2.11. The first kappa shape index (κ1) is 16.0. The molecule has 1 aliphatic rings. The summed E-state index contributed by atoms with van der Waals surface area (Å²) in [4.78, 5) is 28.7. The Kier molecular flexibility index (Phi) is 4.33. The Morgan fingerprint density at radius 1 is 1.04 bits per heavy atom. The first-order chi connectivity index (χ1) is 12.2. The van der Waals surface area contributed by atoms with Gasteiger partial charge in [0, 0.05) is 33.6 Å². The average Bonchev–Trinajstić information content (AvgIpc) is 3.09. The third-order valence-corrected chi connectivity index (χ3v) is 5.40. The van der Waals surface area contributed by atoms with Gasteiger partial charge in [-0.2, -0.15) is 11.3 Å². The number of thiazole rings is 1. The van der Waals surface area contributed by atoms with Gasteiger partial charge in [-0.1, -0.05) is 0 Å². The van der Waals surface area contributed by atoms with Crippen LogP contribution in [0.4, 0.5) is 5.69 Å². The molecule has 5 nitrogen and oxygen atoms in total. The summed E-state index contributed by atoms with van der Waals surface area (Å²) in [7, 11) is 0. The van der Waals surface area contributed by atoms with Crippen LogP contribution >= 0.6 is 22.7 Å². The molecule has 1 aliphatic carbocycles. The Hall–Kier alpha value is -2.51. The second-order valence-corrected chi connectivity index (χ2v) is 7.47. The number of aromatic nitrogens is 1. The fourth-order valence-electron chi connectivity index (χ4n) is 2.29. The molecule has 2 N–H and O–H groups in total. The van der Waals surface area contributed by atoms with Crippen molar-refractivity contribution in [3.8, 4) is 10.6 Å². The molecule has 1 aromatic carbocycles. The molecule has 7 heteroatoms. The minimum atomic E-state index is -0.257. The number of hydrogen-bond donors (Lipinski definition) is 2. The predicted octanol–water partition coefficient (Wildman–Crippen LogP) is 4.02. The highest BCUT2D eigenvalue weighted by Crippen LogP contribution is 2.26. The number of nitrogens with zero attached hydrogens (tertiary/aromatic N) is 1. The van der Waals surface area contributed by atoms with Crippen LogP contribution in [0.15, 0.2) is 46.5 Å². The molecule has 1 saturated carbocycles. The molecule has 126 valence electrons. The van der Waals surface area contributed by atoms with Gasteiger partial charge in [-0.3, -0.25) is 9.59 Å². The zero-order chi connectivity index (χ0) is 17.2. The van der Waals surface area contributed by atoms with Gasteiger partial charge in [0.1, 0.15) is 10.7 Å². The van der Waals surface area contributed by atoms with E-state index in [1.165, 1.54) is 11.3 Å². The van der Waals surface area contributed by atoms with Crippen molar-refractivity contribution in [3.05, 3.63) is 57.7 Å². The lowest BCUT2D eigenvalue weighted by molar-refractivity contribution is 0.0950. The van der Waals surface area contributed by atoms with Crippen LogP contribution in [0.5, 0.6) is 0 Å². The summed E-state index contributed by atoms with van der Waals surface area (Å²) in [6.45, 7) is 0. The maximum atomic E-state index is 12.3. The first-order valence-corrected chi connectivity index (χ1v) is 9.72. The van der Waals surface area contributed by atoms with E-state index in [0.29, 0.717) is 23.0 Å². The van der Waals surface area contributed by atoms with Crippen molar-refractivity contribution in [1.29, 1.82) is 0 Å². The number of carbonyl (C=O) groups excluding carboxylic acids is 2. The Morgan fingerprint density at radius 2 is 1.84 bits per heavy atom. The topological polar surface area (TPSA) is 71.1 Å². The van der Waals surface area contributed by atoms with Gasteiger partial charge in [0.2, 0.25) is 0 Å². The van der Waals surface area contributed by atoms with Crippen LogP contribution in [0.3, 0.4) is 0 Å². The Morgan fingerprint density at radius 3 is 2.52 bits per heavy atom. The zero-order valence-electron chi connectivity index (χ0n) is 13.2. The minimum absolute atomic E-state index is 0.0692. The number of nitrogens with one attached hydrogen (secondary N) is 2. The molecule has 2 heterocycles. The molecule has 2 amide bonds. The van der Waals surface area contributed by atoms with E-state index in [1.807, 2.05) is 16.8 Å². The van der Waals surface area contributed by atoms with Crippen molar-refractivity contribution in [2.75, 3.05) is 5.32 Å². The summed E-state index contributed by atoms with van der Waals surface area (Å²) in [5.74, 6) is -0.326. The number of anilines is 1. The standard InChI is InChI=1S/C18H15N3O2S2/c22-16(19-14-5-6-14)11-1-3-13(4-2-11)20-17(23)15-10-25-18(21-15)12-7-8-24-9-12/h1-4,7-10,14H,5-6H2,(H,19,22)(H,20,23). The maximum absolute atomic E-state index is 12.3. The maximum Gasteiger partial charge on any atom is 0.275 e. The highest BCUT2D eigenvalue weighted by molar-refractivity contribution is 7.14. The van der Waals surface area contributed by atoms with E-state index in [4.69, 9.17) is 0 Å². The van der Waals surface area contributed by atoms with Gasteiger partial charge in [-0.25, -0.2) is 4.98 Å². The van der Waals surface area contributed by atoms with Gasteiger partial charge in [0.25, 0.3) is 11.8 Å². The molecule has 3 aromatic rings. The van der Waals surface area contributed by atoms with Crippen molar-refractivity contribution in [2.24, 2.45) is 0 Å². The molecule has 0 bridgehead atoms. The van der Waals surface area contributed by atoms with Crippen LogP contribution in [0.2, 0.25) is 0 Å². The fourth-order valence-corrected chi connectivity index (χ4v) is 3.81. The largest absolute Gasteiger partial charge is 0.349 e. The number of hydrogen-bond acceptors (Lipinski definition) is 5. The van der Waals surface area contributed by atoms with Gasteiger partial charge in [0.15, 0.2) is 0 Å². The molecule has 0 saturated heterocycles. The number of benzene rings is 1. The summed E-state index contributed by atoms with van der Waals surface area (Å²) >= 11 is 3.05. The Labute approximate surface area is 152 Å². The van der Waals surface area contributed by atoms with E-state index in [1.54, 1.807) is 41.0 Å². The lowest BCUT2D eigenvalue weighted by Crippen LogP contribution is -2.25. The van der Waals surface area contributed by atoms with Crippen LogP contribution in [0.25, 0.3) is 10.6 Å². The second-order valence-electron chi connectivity index (χ2n) is 5.83. The van der Waals surface area contributed by atoms with Crippen molar-refractivity contribution in [1.82, 2.24) is 10.3 Å². The van der Waals surface area contributed by atoms with Crippen molar-refractivity contribution in [2.45, 2.75) is 18.9 Å². The average molecular weight is 369 g/mol. The number of carbonyl (C=O) groups is 2. The summed E-state index contributed by atoms with van der Waals surface area (Å²) in [5.41, 5.74) is 2.65. The van der Waals surface area contributed by atoms with Crippen LogP contribution in [-0.4, -0.2) is 22.8 Å². The van der Waals surface area contributed by atoms with Crippen LogP contribution in [0.1, 0.15) is 33.7 Å². The second kappa shape index (κ2) is 6.78. The highest BCUT2D eigenvalue weighted by Gasteiger charge is 2.23. The van der Waals surface area contributed by atoms with Crippen molar-refractivity contribution >= 4 is 40.2 Å². The van der Waals surface area contributed by atoms with Crippen LogP contribution < -0.4 is 10.6 Å². The molecule has 4 rings (SSSR count). The SMILES string of the molecule is O=C(NC1CC1)c1ccc(NC(=O)c2csc(-c3ccsc3)n2)cc1. The van der Waals surface area contributed by atoms with Gasteiger partial charge in [-0.15, -0.1) is 11.3 Å². The normalized spacial score (nSPS) is 13.4. The molecular formula is C18H15N3O2S2. The number of rotatable bonds is 5. The molecular weight excluding hydrogens is 354 g/mol. The third kappa shape index (κ3) is 3.78. The van der Waals surface area contributed by atoms with Gasteiger partial charge in [-0.05, 0) is 48.6 Å². The lowest BCUT2D eigenvalue weighted by Gasteiger charge is -2.06. The van der Waals surface area contributed by atoms with Gasteiger partial charge >= 0.3 is 0 Å². The Balaban J connectivity index is 1.41. The van der Waals surface area contributed by atoms with Crippen molar-refractivity contribution < 1.29 is 9.59 Å². The van der Waals surface area contributed by atoms with Crippen molar-refractivity contribution in [3.63, 3.8) is 0 Å². The van der Waals surface area contributed by atoms with E-state index in [2.05, 4.69) is 15.6 Å². The third-order valence-electron chi connectivity index (χ3n) is 3.82. The van der Waals surface area contributed by atoms with Crippen LogP contribution in [0, 0.1) is 0 Å². The minimum Gasteiger partial charge on any atom is -0.349 e. The number of thiophene rings is 1. The van der Waals surface area contributed by atoms with E-state index in [9.17, 15) is 9.59 Å². The smallest absolute Gasteiger partial charge is 0.275 e. The molecule has 0 atom stereocenters. The summed E-state index contributed by atoms with van der Waals surface area (Å²) < 4.78 is 0. The molecule has 25 heavy (non-hydrogen) atoms. The summed E-state index contributed by atoms with van der Waals surface area (Å²) in [6, 6.07) is 9.19. The van der Waals surface area contributed by atoms with E-state index >= 15 is 0 Å². The number of amides is 2. The van der Waals surface area contributed by atoms with Gasteiger partial charge in [0.05, 0.1) is 0 Å². The summed E-state index contributed by atoms with van der Waals surface area (Å²) in [5, 5.41) is 12.3. The molecule has 0 unspecified atom stereocenters. The molecule has 0 radical (unpaired) electrons. The molecule has 0 aliphatic heterocycles. The van der Waals surface area contributed by atoms with Gasteiger partial charge < -0.3 is 10.6 Å². The molecule has 2 aromatic heterocycles. The lowest BCUT2D eigenvalue weighted by atomic mass is 10.2. The zero-order valence-corrected chi connectivity index (χ0v) is 14.8.